The van der Waals surface area contributed by atoms with E-state index in [1.54, 1.807) is 0 Å². The van der Waals surface area contributed by atoms with Crippen LogP contribution in [0.5, 0.6) is 0 Å². The van der Waals surface area contributed by atoms with Crippen LogP contribution in [0.3, 0.4) is 0 Å². The smallest absolute Gasteiger partial charge is 0.355 e. The van der Waals surface area contributed by atoms with Gasteiger partial charge in [0.15, 0.2) is 6.04 Å². The lowest BCUT2D eigenvalue weighted by molar-refractivity contribution is -0.146. The molecule has 1 rings (SSSR count). The highest BCUT2D eigenvalue weighted by atomic mass is 19.4. The van der Waals surface area contributed by atoms with Gasteiger partial charge in [-0.2, -0.15) is 13.2 Å². The van der Waals surface area contributed by atoms with Crippen molar-refractivity contribution in [2.45, 2.75) is 18.6 Å². The van der Waals surface area contributed by atoms with Crippen molar-refractivity contribution in [1.29, 1.82) is 0 Å². The first-order valence-electron chi connectivity index (χ1n) is 3.52. The number of nitrogens with zero attached hydrogens (tertiary/aromatic N) is 2. The van der Waals surface area contributed by atoms with Crippen molar-refractivity contribution in [3.8, 4) is 0 Å². The second kappa shape index (κ2) is 3.47. The molecule has 7 heteroatoms. The minimum absolute atomic E-state index is 0.506. The summed E-state index contributed by atoms with van der Waals surface area (Å²) < 4.78 is 59.3. The molecule has 1 unspecified atom stereocenters. The largest absolute Gasteiger partial charge is 0.412 e. The lowest BCUT2D eigenvalue weighted by Gasteiger charge is -2.16. The van der Waals surface area contributed by atoms with Gasteiger partial charge in [0.25, 0.3) is 6.43 Å². The predicted octanol–water partition coefficient (Wildman–Crippen LogP) is 1.53. The summed E-state index contributed by atoms with van der Waals surface area (Å²) in [7, 11) is 0. The van der Waals surface area contributed by atoms with Crippen LogP contribution in [0.25, 0.3) is 0 Å². The molecule has 13 heavy (non-hydrogen) atoms. The Kier molecular flexibility index (Phi) is 2.72. The quantitative estimate of drug-likeness (QED) is 0.620. The van der Waals surface area contributed by atoms with E-state index in [9.17, 15) is 22.0 Å². The Hall–Kier alpha value is -0.880. The van der Waals surface area contributed by atoms with Gasteiger partial charge in [0.1, 0.15) is 0 Å². The lowest BCUT2D eigenvalue weighted by atomic mass is 10.3. The molecule has 0 aromatic carbocycles. The summed E-state index contributed by atoms with van der Waals surface area (Å²) in [5, 5.41) is 0. The number of aliphatic imine (C=N–C) groups is 1. The summed E-state index contributed by atoms with van der Waals surface area (Å²) in [5.41, 5.74) is 0. The summed E-state index contributed by atoms with van der Waals surface area (Å²) in [4.78, 5) is 3.95. The molecule has 0 amide bonds. The fourth-order valence-corrected chi connectivity index (χ4v) is 0.978. The van der Waals surface area contributed by atoms with E-state index in [0.717, 1.165) is 11.2 Å². The highest BCUT2D eigenvalue weighted by molar-refractivity contribution is 5.58. The highest BCUT2D eigenvalue weighted by Crippen LogP contribution is 2.25. The number of halogens is 5. The minimum Gasteiger partial charge on any atom is -0.355 e. The molecule has 0 N–H and O–H groups in total. The van der Waals surface area contributed by atoms with Crippen molar-refractivity contribution >= 4 is 6.34 Å². The van der Waals surface area contributed by atoms with E-state index in [-0.39, 0.29) is 0 Å². The third-order valence-corrected chi connectivity index (χ3v) is 1.57. The molecule has 1 heterocycles. The summed E-state index contributed by atoms with van der Waals surface area (Å²) in [6.07, 6.45) is -6.25. The van der Waals surface area contributed by atoms with Gasteiger partial charge >= 0.3 is 6.18 Å². The molecule has 0 aromatic heterocycles. The van der Waals surface area contributed by atoms with Crippen LogP contribution in [0.1, 0.15) is 0 Å². The molecule has 0 radical (unpaired) electrons. The summed E-state index contributed by atoms with van der Waals surface area (Å²) >= 11 is 0. The first kappa shape index (κ1) is 10.2. The first-order valence-corrected chi connectivity index (χ1v) is 3.52. The van der Waals surface area contributed by atoms with Crippen molar-refractivity contribution in [3.63, 3.8) is 0 Å². The Morgan fingerprint density at radius 3 is 2.46 bits per heavy atom. The number of alkyl halides is 5. The molecule has 0 saturated carbocycles. The molecule has 0 aromatic rings. The van der Waals surface area contributed by atoms with Gasteiger partial charge in [-0.3, -0.25) is 4.99 Å². The van der Waals surface area contributed by atoms with Crippen LogP contribution in [-0.4, -0.2) is 43.0 Å². The predicted molar refractivity (Wildman–Crippen MR) is 35.9 cm³/mol. The van der Waals surface area contributed by atoms with Crippen LogP contribution in [0.2, 0.25) is 0 Å². The van der Waals surface area contributed by atoms with Gasteiger partial charge < -0.3 is 4.90 Å². The zero-order valence-electron chi connectivity index (χ0n) is 6.43. The van der Waals surface area contributed by atoms with Crippen molar-refractivity contribution in [2.24, 2.45) is 4.99 Å². The number of hydrogen-bond acceptors (Lipinski definition) is 2. The van der Waals surface area contributed by atoms with E-state index >= 15 is 0 Å². The molecule has 0 aliphatic carbocycles. The molecular formula is C6H7F5N2. The fraction of sp³-hybridized carbons (Fsp3) is 0.833. The van der Waals surface area contributed by atoms with E-state index in [1.165, 1.54) is 0 Å². The molecule has 2 nitrogen and oxygen atoms in total. The normalized spacial score (nSPS) is 23.2. The first-order chi connectivity index (χ1) is 5.89. The Labute approximate surface area is 71.0 Å². The van der Waals surface area contributed by atoms with Crippen molar-refractivity contribution in [2.75, 3.05) is 13.1 Å². The molecule has 0 fully saturated rings. The van der Waals surface area contributed by atoms with E-state index in [2.05, 4.69) is 4.99 Å². The van der Waals surface area contributed by atoms with Crippen molar-refractivity contribution < 1.29 is 22.0 Å². The van der Waals surface area contributed by atoms with Gasteiger partial charge in [0.2, 0.25) is 0 Å². The van der Waals surface area contributed by atoms with Crippen LogP contribution in [0, 0.1) is 0 Å². The van der Waals surface area contributed by atoms with E-state index in [1.807, 2.05) is 0 Å². The van der Waals surface area contributed by atoms with Crippen LogP contribution in [0.4, 0.5) is 22.0 Å². The molecule has 1 aliphatic heterocycles. The molecule has 76 valence electrons. The number of rotatable bonds is 2. The second-order valence-corrected chi connectivity index (χ2v) is 2.67. The van der Waals surface area contributed by atoms with Crippen LogP contribution in [0.15, 0.2) is 4.99 Å². The van der Waals surface area contributed by atoms with Crippen LogP contribution in [-0.2, 0) is 0 Å². The highest BCUT2D eigenvalue weighted by Gasteiger charge is 2.42. The van der Waals surface area contributed by atoms with E-state index in [4.69, 9.17) is 0 Å². The Bertz CT molecular complexity index is 200. The van der Waals surface area contributed by atoms with Gasteiger partial charge in [-0.1, -0.05) is 0 Å². The topological polar surface area (TPSA) is 15.6 Å². The van der Waals surface area contributed by atoms with Crippen LogP contribution < -0.4 is 0 Å². The summed E-state index contributed by atoms with van der Waals surface area (Å²) in [6, 6.07) is -1.86. The number of hydrogen-bond donors (Lipinski definition) is 0. The van der Waals surface area contributed by atoms with Gasteiger partial charge in [-0.25, -0.2) is 8.78 Å². The standard InChI is InChI=1S/C6H7F5N2/c7-5(8)2-13-1-4(12-3-13)6(9,10)11/h3-5H,1-2H2. The van der Waals surface area contributed by atoms with E-state index in [0.29, 0.717) is 0 Å². The van der Waals surface area contributed by atoms with Gasteiger partial charge in [0, 0.05) is 0 Å². The Morgan fingerprint density at radius 1 is 1.46 bits per heavy atom. The minimum atomic E-state index is -4.44. The zero-order chi connectivity index (χ0) is 10.1. The van der Waals surface area contributed by atoms with Crippen LogP contribution >= 0.6 is 0 Å². The SMILES string of the molecule is FC(F)CN1C=NC(C(F)(F)F)C1. The molecule has 0 bridgehead atoms. The molecule has 1 aliphatic rings. The molecule has 0 spiro atoms. The Balaban J connectivity index is 2.43. The third kappa shape index (κ3) is 2.82. The average Bonchev–Trinajstić information content (AvgIpc) is 2.32. The van der Waals surface area contributed by atoms with E-state index < -0.39 is 31.7 Å². The van der Waals surface area contributed by atoms with Crippen molar-refractivity contribution in [1.82, 2.24) is 4.90 Å². The van der Waals surface area contributed by atoms with Gasteiger partial charge in [-0.05, 0) is 0 Å². The maximum Gasteiger partial charge on any atom is 0.412 e. The van der Waals surface area contributed by atoms with Gasteiger partial charge in [0.05, 0.1) is 19.4 Å². The summed E-state index contributed by atoms with van der Waals surface area (Å²) in [6.45, 7) is -1.20. The molecule has 1 atom stereocenters. The second-order valence-electron chi connectivity index (χ2n) is 2.67. The summed E-state index contributed by atoms with van der Waals surface area (Å²) in [5.74, 6) is 0. The fourth-order valence-electron chi connectivity index (χ4n) is 0.978. The monoisotopic (exact) mass is 202 g/mol. The average molecular weight is 202 g/mol. The molecular weight excluding hydrogens is 195 g/mol. The maximum atomic E-state index is 11.9. The lowest BCUT2D eigenvalue weighted by Crippen LogP contribution is -2.35. The molecule has 0 saturated heterocycles. The third-order valence-electron chi connectivity index (χ3n) is 1.57. The Morgan fingerprint density at radius 2 is 2.08 bits per heavy atom. The van der Waals surface area contributed by atoms with Crippen molar-refractivity contribution in [3.05, 3.63) is 0 Å². The zero-order valence-corrected chi connectivity index (χ0v) is 6.43. The van der Waals surface area contributed by atoms with Gasteiger partial charge in [-0.15, -0.1) is 0 Å². The maximum absolute atomic E-state index is 11.9.